The van der Waals surface area contributed by atoms with Crippen LogP contribution in [0.15, 0.2) is 84.9 Å². The number of hydrogen-bond acceptors (Lipinski definition) is 5. The first-order valence-electron chi connectivity index (χ1n) is 11.2. The zero-order chi connectivity index (χ0) is 23.8. The van der Waals surface area contributed by atoms with E-state index in [0.717, 1.165) is 24.0 Å². The van der Waals surface area contributed by atoms with Gasteiger partial charge in [-0.2, -0.15) is 0 Å². The van der Waals surface area contributed by atoms with E-state index < -0.39 is 18.2 Å². The maximum Gasteiger partial charge on any atom is 0.412 e. The first-order valence-corrected chi connectivity index (χ1v) is 11.2. The van der Waals surface area contributed by atoms with E-state index in [-0.39, 0.29) is 30.6 Å². The quantitative estimate of drug-likeness (QED) is 0.455. The normalized spacial score (nSPS) is 13.4. The van der Waals surface area contributed by atoms with Gasteiger partial charge in [0.2, 0.25) is 0 Å². The Kier molecular flexibility index (Phi) is 7.55. The summed E-state index contributed by atoms with van der Waals surface area (Å²) in [5.74, 6) is -0.0531. The van der Waals surface area contributed by atoms with E-state index in [1.807, 2.05) is 60.7 Å². The fourth-order valence-corrected chi connectivity index (χ4v) is 3.41. The Balaban J connectivity index is 1.45. The van der Waals surface area contributed by atoms with Gasteiger partial charge in [0.05, 0.1) is 6.04 Å². The summed E-state index contributed by atoms with van der Waals surface area (Å²) in [6.45, 7) is 0.0956. The van der Waals surface area contributed by atoms with E-state index in [1.165, 1.54) is 6.07 Å². The maximum absolute atomic E-state index is 13.4. The van der Waals surface area contributed by atoms with Crippen LogP contribution < -0.4 is 15.4 Å². The Morgan fingerprint density at radius 1 is 0.824 bits per heavy atom. The number of carbonyl (C=O) groups excluding carboxylic acids is 3. The fourth-order valence-electron chi connectivity index (χ4n) is 3.41. The second-order valence-corrected chi connectivity index (χ2v) is 8.15. The number of nitrogens with one attached hydrogen (secondary N) is 2. The molecule has 0 unspecified atom stereocenters. The second kappa shape index (κ2) is 11.1. The van der Waals surface area contributed by atoms with Crippen LogP contribution in [-0.4, -0.2) is 30.1 Å². The minimum atomic E-state index is -0.860. The Labute approximate surface area is 198 Å². The molecule has 3 aromatic rings. The van der Waals surface area contributed by atoms with Crippen LogP contribution in [-0.2, 0) is 17.8 Å². The molecule has 1 aliphatic rings. The van der Waals surface area contributed by atoms with Gasteiger partial charge in [0.25, 0.3) is 0 Å². The van der Waals surface area contributed by atoms with Gasteiger partial charge < -0.3 is 20.1 Å². The van der Waals surface area contributed by atoms with Crippen LogP contribution in [0, 0.1) is 0 Å². The van der Waals surface area contributed by atoms with Crippen molar-refractivity contribution in [3.8, 4) is 5.75 Å². The molecule has 1 atom stereocenters. The monoisotopic (exact) mass is 458 g/mol. The minimum Gasteiger partial charge on any atom is -0.445 e. The van der Waals surface area contributed by atoms with E-state index in [0.29, 0.717) is 5.56 Å². The third-order valence-electron chi connectivity index (χ3n) is 5.33. The molecule has 2 N–H and O–H groups in total. The number of rotatable bonds is 9. The van der Waals surface area contributed by atoms with Crippen LogP contribution in [0.3, 0.4) is 0 Å². The molecule has 0 heterocycles. The number of Topliss-reactive ketones (excluding diaryl/α,β-unsaturated/α-hetero) is 1. The minimum absolute atomic E-state index is 0.0956. The Morgan fingerprint density at radius 3 is 2.18 bits per heavy atom. The molecular weight excluding hydrogens is 432 g/mol. The third-order valence-corrected chi connectivity index (χ3v) is 5.33. The molecule has 0 saturated heterocycles. The van der Waals surface area contributed by atoms with Gasteiger partial charge >= 0.3 is 12.2 Å². The molecule has 1 saturated carbocycles. The highest BCUT2D eigenvalue weighted by atomic mass is 16.6. The summed E-state index contributed by atoms with van der Waals surface area (Å²) in [4.78, 5) is 37.8. The predicted octanol–water partition coefficient (Wildman–Crippen LogP) is 4.66. The molecular formula is C27H26N2O5. The molecule has 0 radical (unpaired) electrons. The average Bonchev–Trinajstić information content (AvgIpc) is 3.67. The van der Waals surface area contributed by atoms with Crippen LogP contribution in [0.4, 0.5) is 9.59 Å². The second-order valence-electron chi connectivity index (χ2n) is 8.15. The van der Waals surface area contributed by atoms with Crippen molar-refractivity contribution in [2.45, 2.75) is 38.0 Å². The number of ether oxygens (including phenoxy) is 2. The van der Waals surface area contributed by atoms with E-state index in [4.69, 9.17) is 9.47 Å². The van der Waals surface area contributed by atoms with E-state index >= 15 is 0 Å². The van der Waals surface area contributed by atoms with Crippen LogP contribution in [0.2, 0.25) is 0 Å². The zero-order valence-corrected chi connectivity index (χ0v) is 18.6. The molecule has 0 spiro atoms. The predicted molar refractivity (Wildman–Crippen MR) is 127 cm³/mol. The lowest BCUT2D eigenvalue weighted by Gasteiger charge is -2.18. The van der Waals surface area contributed by atoms with Gasteiger partial charge in [0, 0.05) is 18.0 Å². The van der Waals surface area contributed by atoms with Crippen molar-refractivity contribution < 1.29 is 23.9 Å². The smallest absolute Gasteiger partial charge is 0.412 e. The SMILES string of the molecule is O=C(N[C@@H](Cc1ccccc1)C(=O)c1cccc(OC(=O)NC2CC2)c1)OCc1ccccc1. The fraction of sp³-hybridized carbons (Fsp3) is 0.222. The Hall–Kier alpha value is -4.13. The van der Waals surface area contributed by atoms with Crippen LogP contribution in [0.25, 0.3) is 0 Å². The summed E-state index contributed by atoms with van der Waals surface area (Å²) < 4.78 is 10.6. The molecule has 0 aliphatic heterocycles. The number of amides is 2. The van der Waals surface area contributed by atoms with Gasteiger partial charge in [-0.05, 0) is 36.1 Å². The summed E-state index contributed by atoms with van der Waals surface area (Å²) in [7, 11) is 0. The van der Waals surface area contributed by atoms with Crippen molar-refractivity contribution in [3.63, 3.8) is 0 Å². The molecule has 174 valence electrons. The summed E-state index contributed by atoms with van der Waals surface area (Å²) in [5.41, 5.74) is 2.05. The molecule has 4 rings (SSSR count). The number of benzene rings is 3. The average molecular weight is 459 g/mol. The number of hydrogen-bond donors (Lipinski definition) is 2. The van der Waals surface area contributed by atoms with Crippen LogP contribution in [0.5, 0.6) is 5.75 Å². The number of ketones is 1. The molecule has 1 aliphatic carbocycles. The topological polar surface area (TPSA) is 93.7 Å². The maximum atomic E-state index is 13.4. The van der Waals surface area contributed by atoms with Gasteiger partial charge in [-0.3, -0.25) is 4.79 Å². The third kappa shape index (κ3) is 6.93. The summed E-state index contributed by atoms with van der Waals surface area (Å²) in [5, 5.41) is 5.44. The Morgan fingerprint density at radius 2 is 1.50 bits per heavy atom. The van der Waals surface area contributed by atoms with Gasteiger partial charge in [0.1, 0.15) is 12.4 Å². The van der Waals surface area contributed by atoms with Crippen molar-refractivity contribution in [3.05, 3.63) is 102 Å². The van der Waals surface area contributed by atoms with E-state index in [2.05, 4.69) is 10.6 Å². The lowest BCUT2D eigenvalue weighted by atomic mass is 9.97. The number of alkyl carbamates (subject to hydrolysis) is 1. The van der Waals surface area contributed by atoms with Crippen LogP contribution >= 0.6 is 0 Å². The highest BCUT2D eigenvalue weighted by Crippen LogP contribution is 2.20. The molecule has 0 bridgehead atoms. The lowest BCUT2D eigenvalue weighted by molar-refractivity contribution is 0.0916. The van der Waals surface area contributed by atoms with Crippen molar-refractivity contribution in [1.29, 1.82) is 0 Å². The molecule has 1 fully saturated rings. The number of carbonyl (C=O) groups is 3. The van der Waals surface area contributed by atoms with Gasteiger partial charge in [-0.15, -0.1) is 0 Å². The first-order chi connectivity index (χ1) is 16.6. The van der Waals surface area contributed by atoms with Crippen molar-refractivity contribution in [2.75, 3.05) is 0 Å². The first kappa shape index (κ1) is 23.0. The van der Waals surface area contributed by atoms with Crippen molar-refractivity contribution in [1.82, 2.24) is 10.6 Å². The summed E-state index contributed by atoms with van der Waals surface area (Å²) in [6, 6.07) is 24.4. The van der Waals surface area contributed by atoms with Gasteiger partial charge in [0.15, 0.2) is 5.78 Å². The largest absolute Gasteiger partial charge is 0.445 e. The van der Waals surface area contributed by atoms with Crippen molar-refractivity contribution in [2.24, 2.45) is 0 Å². The molecule has 34 heavy (non-hydrogen) atoms. The van der Waals surface area contributed by atoms with Crippen molar-refractivity contribution >= 4 is 18.0 Å². The van der Waals surface area contributed by atoms with E-state index in [9.17, 15) is 14.4 Å². The molecule has 7 heteroatoms. The Bertz CT molecular complexity index is 1130. The van der Waals surface area contributed by atoms with Gasteiger partial charge in [-0.1, -0.05) is 72.8 Å². The van der Waals surface area contributed by atoms with E-state index in [1.54, 1.807) is 18.2 Å². The van der Waals surface area contributed by atoms with Crippen LogP contribution in [0.1, 0.15) is 34.3 Å². The molecule has 3 aromatic carbocycles. The lowest BCUT2D eigenvalue weighted by Crippen LogP contribution is -2.42. The molecule has 7 nitrogen and oxygen atoms in total. The highest BCUT2D eigenvalue weighted by molar-refractivity contribution is 6.02. The molecule has 2 amide bonds. The summed E-state index contributed by atoms with van der Waals surface area (Å²) >= 11 is 0. The standard InChI is InChI=1S/C27H26N2O5/c30-25(21-12-7-13-23(17-21)34-27(32)28-22-14-15-22)24(16-19-8-3-1-4-9-19)29-26(31)33-18-20-10-5-2-6-11-20/h1-13,17,22,24H,14-16,18H2,(H,28,32)(H,29,31)/t24-/m0/s1. The summed E-state index contributed by atoms with van der Waals surface area (Å²) in [6.07, 6.45) is 0.944. The molecule has 0 aromatic heterocycles. The zero-order valence-electron chi connectivity index (χ0n) is 18.6. The highest BCUT2D eigenvalue weighted by Gasteiger charge is 2.26. The van der Waals surface area contributed by atoms with Gasteiger partial charge in [-0.25, -0.2) is 9.59 Å².